The van der Waals surface area contributed by atoms with E-state index in [0.717, 1.165) is 16.5 Å². The number of rotatable bonds is 5. The van der Waals surface area contributed by atoms with Gasteiger partial charge in [0, 0.05) is 27.9 Å². The van der Waals surface area contributed by atoms with Crippen LogP contribution in [0.15, 0.2) is 24.3 Å². The highest BCUT2D eigenvalue weighted by Crippen LogP contribution is 2.23. The number of nitrogens with zero attached hydrogens (tertiary/aromatic N) is 1. The first-order valence-corrected chi connectivity index (χ1v) is 5.89. The number of aromatic nitrogens is 1. The Morgan fingerprint density at radius 3 is 2.84 bits per heavy atom. The predicted octanol–water partition coefficient (Wildman–Crippen LogP) is 1.70. The van der Waals surface area contributed by atoms with Crippen LogP contribution in [0.1, 0.15) is 11.3 Å². The second-order valence-electron chi connectivity index (χ2n) is 4.19. The minimum Gasteiger partial charge on any atom is -0.469 e. The molecule has 6 heteroatoms. The van der Waals surface area contributed by atoms with E-state index in [1.165, 1.54) is 7.11 Å². The van der Waals surface area contributed by atoms with Gasteiger partial charge in [-0.15, -0.1) is 0 Å². The van der Waals surface area contributed by atoms with Gasteiger partial charge in [0.15, 0.2) is 0 Å². The van der Waals surface area contributed by atoms with Crippen LogP contribution in [0, 0.1) is 10.1 Å². The number of ether oxygens (including phenoxy) is 1. The summed E-state index contributed by atoms with van der Waals surface area (Å²) in [6.07, 6.45) is 0.390. The summed E-state index contributed by atoms with van der Waals surface area (Å²) in [7, 11) is 1.32. The van der Waals surface area contributed by atoms with E-state index in [2.05, 4.69) is 9.72 Å². The molecule has 0 aliphatic rings. The van der Waals surface area contributed by atoms with Crippen LogP contribution in [0.3, 0.4) is 0 Å². The molecule has 0 fully saturated rings. The van der Waals surface area contributed by atoms with Gasteiger partial charge in [0.1, 0.15) is 0 Å². The molecule has 0 radical (unpaired) electrons. The standard InChI is InChI=1S/C13H14N2O4/c1-19-13(16)8-12-10(6-7-15(17)18)9-4-2-3-5-11(9)14-12/h2-5,14H,6-8H2,1H3. The van der Waals surface area contributed by atoms with Crippen molar-refractivity contribution in [1.82, 2.24) is 4.98 Å². The summed E-state index contributed by atoms with van der Waals surface area (Å²) in [6, 6.07) is 7.51. The van der Waals surface area contributed by atoms with Crippen LogP contribution in [0.2, 0.25) is 0 Å². The van der Waals surface area contributed by atoms with E-state index in [1.54, 1.807) is 0 Å². The van der Waals surface area contributed by atoms with Crippen LogP contribution >= 0.6 is 0 Å². The maximum atomic E-state index is 11.4. The topological polar surface area (TPSA) is 85.2 Å². The zero-order valence-electron chi connectivity index (χ0n) is 10.5. The van der Waals surface area contributed by atoms with Gasteiger partial charge in [-0.3, -0.25) is 14.9 Å². The van der Waals surface area contributed by atoms with E-state index >= 15 is 0 Å². The molecule has 0 spiro atoms. The lowest BCUT2D eigenvalue weighted by Crippen LogP contribution is -2.09. The fourth-order valence-corrected chi connectivity index (χ4v) is 2.11. The Hall–Kier alpha value is -2.37. The van der Waals surface area contributed by atoms with Gasteiger partial charge in [-0.2, -0.15) is 0 Å². The molecule has 2 rings (SSSR count). The molecule has 0 aliphatic carbocycles. The summed E-state index contributed by atoms with van der Waals surface area (Å²) in [4.78, 5) is 24.7. The largest absolute Gasteiger partial charge is 0.469 e. The summed E-state index contributed by atoms with van der Waals surface area (Å²) in [5, 5.41) is 11.4. The van der Waals surface area contributed by atoms with Crippen LogP contribution in [0.4, 0.5) is 0 Å². The first-order valence-electron chi connectivity index (χ1n) is 5.89. The summed E-state index contributed by atoms with van der Waals surface area (Å²) in [5.74, 6) is -0.367. The molecular weight excluding hydrogens is 248 g/mol. The number of nitrogens with one attached hydrogen (secondary N) is 1. The molecule has 1 N–H and O–H groups in total. The van der Waals surface area contributed by atoms with E-state index in [9.17, 15) is 14.9 Å². The average molecular weight is 262 g/mol. The zero-order chi connectivity index (χ0) is 13.8. The van der Waals surface area contributed by atoms with Gasteiger partial charge in [0.05, 0.1) is 13.5 Å². The normalized spacial score (nSPS) is 10.6. The molecule has 19 heavy (non-hydrogen) atoms. The number of methoxy groups -OCH3 is 1. The van der Waals surface area contributed by atoms with Crippen molar-refractivity contribution in [3.05, 3.63) is 45.6 Å². The smallest absolute Gasteiger partial charge is 0.311 e. The molecule has 1 aromatic carbocycles. The van der Waals surface area contributed by atoms with Crippen LogP contribution in [0.25, 0.3) is 10.9 Å². The molecule has 100 valence electrons. The number of hydrogen-bond donors (Lipinski definition) is 1. The molecular formula is C13H14N2O4. The molecule has 2 aromatic rings. The van der Waals surface area contributed by atoms with Gasteiger partial charge in [-0.05, 0) is 11.6 Å². The van der Waals surface area contributed by atoms with Crippen molar-refractivity contribution >= 4 is 16.9 Å². The second kappa shape index (κ2) is 5.51. The number of aromatic amines is 1. The lowest BCUT2D eigenvalue weighted by molar-refractivity contribution is -0.479. The predicted molar refractivity (Wildman–Crippen MR) is 69.6 cm³/mol. The van der Waals surface area contributed by atoms with Crippen LogP contribution in [0.5, 0.6) is 0 Å². The number of H-pyrrole nitrogens is 1. The number of hydrogen-bond acceptors (Lipinski definition) is 4. The zero-order valence-corrected chi connectivity index (χ0v) is 10.5. The Bertz CT molecular complexity index is 618. The van der Waals surface area contributed by atoms with E-state index in [4.69, 9.17) is 0 Å². The monoisotopic (exact) mass is 262 g/mol. The van der Waals surface area contributed by atoms with Crippen molar-refractivity contribution in [3.63, 3.8) is 0 Å². The Balaban J connectivity index is 2.39. The fourth-order valence-electron chi connectivity index (χ4n) is 2.11. The molecule has 0 saturated heterocycles. The Morgan fingerprint density at radius 2 is 2.16 bits per heavy atom. The first kappa shape index (κ1) is 13.1. The van der Waals surface area contributed by atoms with Crippen LogP contribution in [-0.4, -0.2) is 29.5 Å². The van der Waals surface area contributed by atoms with Gasteiger partial charge in [-0.25, -0.2) is 0 Å². The number of benzene rings is 1. The molecule has 1 heterocycles. The van der Waals surface area contributed by atoms with Gasteiger partial charge in [-0.1, -0.05) is 18.2 Å². The maximum Gasteiger partial charge on any atom is 0.311 e. The molecule has 0 bridgehead atoms. The second-order valence-corrected chi connectivity index (χ2v) is 4.19. The summed E-state index contributed by atoms with van der Waals surface area (Å²) < 4.78 is 4.64. The van der Waals surface area contributed by atoms with Crippen molar-refractivity contribution in [1.29, 1.82) is 0 Å². The third-order valence-electron chi connectivity index (χ3n) is 3.00. The van der Waals surface area contributed by atoms with Crippen molar-refractivity contribution in [2.45, 2.75) is 12.8 Å². The SMILES string of the molecule is COC(=O)Cc1[nH]c2ccccc2c1CC[N+](=O)[O-]. The number of carbonyl (C=O) groups is 1. The van der Waals surface area contributed by atoms with E-state index < -0.39 is 0 Å². The number of fused-ring (bicyclic) bond motifs is 1. The fraction of sp³-hybridized carbons (Fsp3) is 0.308. The first-order chi connectivity index (χ1) is 9.11. The molecule has 0 atom stereocenters. The highest BCUT2D eigenvalue weighted by Gasteiger charge is 2.16. The molecule has 0 aliphatic heterocycles. The van der Waals surface area contributed by atoms with Crippen molar-refractivity contribution in [2.24, 2.45) is 0 Å². The lowest BCUT2D eigenvalue weighted by atomic mass is 10.1. The maximum absolute atomic E-state index is 11.4. The van der Waals surface area contributed by atoms with Crippen molar-refractivity contribution in [3.8, 4) is 0 Å². The molecule has 0 saturated carbocycles. The third kappa shape index (κ3) is 2.90. The van der Waals surface area contributed by atoms with Gasteiger partial charge in [0.25, 0.3) is 0 Å². The Kier molecular flexibility index (Phi) is 3.79. The minimum absolute atomic E-state index is 0.0955. The molecule has 0 unspecified atom stereocenters. The van der Waals surface area contributed by atoms with Crippen molar-refractivity contribution < 1.29 is 14.5 Å². The summed E-state index contributed by atoms with van der Waals surface area (Å²) in [6.45, 7) is -0.157. The van der Waals surface area contributed by atoms with Crippen LogP contribution < -0.4 is 0 Å². The molecule has 1 aromatic heterocycles. The Labute approximate surface area is 109 Å². The van der Waals surface area contributed by atoms with Crippen LogP contribution in [-0.2, 0) is 22.4 Å². The highest BCUT2D eigenvalue weighted by atomic mass is 16.6. The molecule has 6 nitrogen and oxygen atoms in total. The minimum atomic E-state index is -0.367. The number of para-hydroxylation sites is 1. The summed E-state index contributed by atoms with van der Waals surface area (Å²) in [5.41, 5.74) is 2.38. The van der Waals surface area contributed by atoms with Gasteiger partial charge in [0.2, 0.25) is 6.54 Å². The van der Waals surface area contributed by atoms with Gasteiger partial charge < -0.3 is 9.72 Å². The van der Waals surface area contributed by atoms with E-state index in [1.807, 2.05) is 24.3 Å². The van der Waals surface area contributed by atoms with E-state index in [-0.39, 0.29) is 23.9 Å². The van der Waals surface area contributed by atoms with E-state index in [0.29, 0.717) is 12.1 Å². The van der Waals surface area contributed by atoms with Gasteiger partial charge >= 0.3 is 5.97 Å². The number of esters is 1. The quantitative estimate of drug-likeness (QED) is 0.505. The summed E-state index contributed by atoms with van der Waals surface area (Å²) >= 11 is 0. The highest BCUT2D eigenvalue weighted by molar-refractivity contribution is 5.86. The Morgan fingerprint density at radius 1 is 1.42 bits per heavy atom. The lowest BCUT2D eigenvalue weighted by Gasteiger charge is -2.01. The average Bonchev–Trinajstić information content (AvgIpc) is 2.73. The molecule has 0 amide bonds. The number of nitro groups is 1. The van der Waals surface area contributed by atoms with Crippen molar-refractivity contribution in [2.75, 3.05) is 13.7 Å². The number of carbonyl (C=O) groups excluding carboxylic acids is 1. The third-order valence-corrected chi connectivity index (χ3v) is 3.00.